The van der Waals surface area contributed by atoms with Crippen LogP contribution in [0.4, 0.5) is 0 Å². The highest BCUT2D eigenvalue weighted by atomic mass is 16.5. The van der Waals surface area contributed by atoms with Crippen LogP contribution < -0.4 is 5.32 Å². The monoisotopic (exact) mass is 256 g/mol. The lowest BCUT2D eigenvalue weighted by atomic mass is 10.0. The summed E-state index contributed by atoms with van der Waals surface area (Å²) >= 11 is 0. The molecule has 1 atom stereocenters. The summed E-state index contributed by atoms with van der Waals surface area (Å²) in [4.78, 5) is 25.2. The highest BCUT2D eigenvalue weighted by molar-refractivity contribution is 5.94. The number of nitrogens with zero attached hydrogens (tertiary/aromatic N) is 1. The second-order valence-corrected chi connectivity index (χ2v) is 5.01. The number of nitrogens with one attached hydrogen (secondary N) is 1. The van der Waals surface area contributed by atoms with E-state index in [-0.39, 0.29) is 30.3 Å². The van der Waals surface area contributed by atoms with Gasteiger partial charge >= 0.3 is 0 Å². The molecule has 5 heteroatoms. The van der Waals surface area contributed by atoms with Gasteiger partial charge in [-0.05, 0) is 12.3 Å². The van der Waals surface area contributed by atoms with Crippen molar-refractivity contribution < 1.29 is 14.3 Å². The average Bonchev–Trinajstić information content (AvgIpc) is 2.32. The fraction of sp³-hybridized carbons (Fsp3) is 0.846. The van der Waals surface area contributed by atoms with Gasteiger partial charge in [-0.15, -0.1) is 0 Å². The Morgan fingerprint density at radius 3 is 2.72 bits per heavy atom. The first-order valence-corrected chi connectivity index (χ1v) is 6.72. The van der Waals surface area contributed by atoms with Gasteiger partial charge in [0.2, 0.25) is 11.8 Å². The van der Waals surface area contributed by atoms with Gasteiger partial charge in [0.15, 0.2) is 0 Å². The molecule has 18 heavy (non-hydrogen) atoms. The smallest absolute Gasteiger partial charge is 0.245 e. The van der Waals surface area contributed by atoms with Gasteiger partial charge in [-0.2, -0.15) is 0 Å². The second-order valence-electron chi connectivity index (χ2n) is 5.01. The number of amides is 2. The van der Waals surface area contributed by atoms with Gasteiger partial charge in [-0.1, -0.05) is 27.2 Å². The van der Waals surface area contributed by atoms with Gasteiger partial charge in [0, 0.05) is 13.2 Å². The second kappa shape index (κ2) is 7.36. The molecule has 0 spiro atoms. The number of hydrogen-bond donors (Lipinski definition) is 1. The van der Waals surface area contributed by atoms with Gasteiger partial charge in [0.05, 0.1) is 13.2 Å². The number of carbonyl (C=O) groups is 2. The number of unbranched alkanes of at least 4 members (excludes halogenated alkanes) is 1. The quantitative estimate of drug-likeness (QED) is 0.685. The molecule has 1 fully saturated rings. The summed E-state index contributed by atoms with van der Waals surface area (Å²) in [5, 5.41) is 2.74. The van der Waals surface area contributed by atoms with E-state index < -0.39 is 0 Å². The molecular weight excluding hydrogens is 232 g/mol. The van der Waals surface area contributed by atoms with Crippen LogP contribution in [0.2, 0.25) is 0 Å². The van der Waals surface area contributed by atoms with Crippen molar-refractivity contribution in [2.45, 2.75) is 39.7 Å². The molecule has 1 heterocycles. The molecule has 1 saturated heterocycles. The van der Waals surface area contributed by atoms with Crippen LogP contribution in [0.25, 0.3) is 0 Å². The molecule has 2 amide bonds. The van der Waals surface area contributed by atoms with E-state index in [1.807, 2.05) is 13.8 Å². The molecule has 1 aliphatic rings. The maximum absolute atomic E-state index is 12.1. The van der Waals surface area contributed by atoms with Crippen molar-refractivity contribution >= 4 is 11.8 Å². The summed E-state index contributed by atoms with van der Waals surface area (Å²) in [5.41, 5.74) is 0. The first kappa shape index (κ1) is 15.0. The van der Waals surface area contributed by atoms with Crippen molar-refractivity contribution in [1.82, 2.24) is 10.2 Å². The lowest BCUT2D eigenvalue weighted by molar-refractivity contribution is -0.146. The molecule has 5 nitrogen and oxygen atoms in total. The van der Waals surface area contributed by atoms with Gasteiger partial charge in [0.1, 0.15) is 6.04 Å². The van der Waals surface area contributed by atoms with Gasteiger partial charge in [-0.3, -0.25) is 9.59 Å². The molecule has 0 radical (unpaired) electrons. The molecule has 0 aromatic rings. The minimum atomic E-state index is -0.387. The third-order valence-electron chi connectivity index (χ3n) is 3.04. The van der Waals surface area contributed by atoms with Gasteiger partial charge in [-0.25, -0.2) is 0 Å². The summed E-state index contributed by atoms with van der Waals surface area (Å²) in [6.45, 7) is 7.85. The van der Waals surface area contributed by atoms with E-state index in [4.69, 9.17) is 4.74 Å². The normalized spacial score (nSPS) is 20.4. The summed E-state index contributed by atoms with van der Waals surface area (Å²) in [5.74, 6) is 0.0378. The number of piperazine rings is 1. The van der Waals surface area contributed by atoms with Crippen molar-refractivity contribution in [2.24, 2.45) is 5.92 Å². The van der Waals surface area contributed by atoms with Crippen molar-refractivity contribution in [3.63, 3.8) is 0 Å². The van der Waals surface area contributed by atoms with E-state index in [9.17, 15) is 9.59 Å². The van der Waals surface area contributed by atoms with Crippen molar-refractivity contribution in [3.8, 4) is 0 Å². The molecule has 0 aliphatic carbocycles. The maximum atomic E-state index is 12.1. The Morgan fingerprint density at radius 1 is 1.39 bits per heavy atom. The highest BCUT2D eigenvalue weighted by Crippen LogP contribution is 2.10. The Morgan fingerprint density at radius 2 is 2.11 bits per heavy atom. The fourth-order valence-electron chi connectivity index (χ4n) is 1.89. The summed E-state index contributed by atoms with van der Waals surface area (Å²) in [6, 6.07) is -0.387. The van der Waals surface area contributed by atoms with Crippen LogP contribution >= 0.6 is 0 Å². The first-order valence-electron chi connectivity index (χ1n) is 6.72. The molecule has 0 bridgehead atoms. The number of ether oxygens (including phenoxy) is 1. The van der Waals surface area contributed by atoms with Crippen LogP contribution in [0.5, 0.6) is 0 Å². The zero-order valence-electron chi connectivity index (χ0n) is 11.6. The van der Waals surface area contributed by atoms with Crippen LogP contribution in [0.1, 0.15) is 33.6 Å². The Labute approximate surface area is 109 Å². The van der Waals surface area contributed by atoms with Crippen LogP contribution in [-0.4, -0.2) is 49.1 Å². The topological polar surface area (TPSA) is 58.6 Å². The standard InChI is InChI=1S/C13H24N2O3/c1-4-5-7-18-8-6-15-9-11(16)14-12(10(2)3)13(15)17/h10,12H,4-9H2,1-3H3,(H,14,16). The Balaban J connectivity index is 2.39. The van der Waals surface area contributed by atoms with Gasteiger partial charge < -0.3 is 15.0 Å². The first-order chi connectivity index (χ1) is 8.56. The molecule has 1 unspecified atom stereocenters. The molecule has 104 valence electrons. The molecule has 1 aliphatic heterocycles. The van der Waals surface area contributed by atoms with Crippen LogP contribution in [0.3, 0.4) is 0 Å². The highest BCUT2D eigenvalue weighted by Gasteiger charge is 2.33. The fourth-order valence-corrected chi connectivity index (χ4v) is 1.89. The minimum Gasteiger partial charge on any atom is -0.380 e. The average molecular weight is 256 g/mol. The van der Waals surface area contributed by atoms with E-state index in [1.165, 1.54) is 0 Å². The lowest BCUT2D eigenvalue weighted by Gasteiger charge is -2.34. The van der Waals surface area contributed by atoms with Crippen molar-refractivity contribution in [2.75, 3.05) is 26.3 Å². The predicted molar refractivity (Wildman–Crippen MR) is 69.1 cm³/mol. The molecule has 0 saturated carbocycles. The van der Waals surface area contributed by atoms with E-state index in [0.717, 1.165) is 19.4 Å². The maximum Gasteiger partial charge on any atom is 0.245 e. The predicted octanol–water partition coefficient (Wildman–Crippen LogP) is 0.786. The zero-order valence-corrected chi connectivity index (χ0v) is 11.6. The largest absolute Gasteiger partial charge is 0.380 e. The van der Waals surface area contributed by atoms with E-state index in [0.29, 0.717) is 13.2 Å². The summed E-state index contributed by atoms with van der Waals surface area (Å²) < 4.78 is 5.43. The van der Waals surface area contributed by atoms with E-state index >= 15 is 0 Å². The molecule has 0 aromatic carbocycles. The molecular formula is C13H24N2O3. The molecule has 1 N–H and O–H groups in total. The van der Waals surface area contributed by atoms with Gasteiger partial charge in [0.25, 0.3) is 0 Å². The number of hydrogen-bond acceptors (Lipinski definition) is 3. The summed E-state index contributed by atoms with van der Waals surface area (Å²) in [6.07, 6.45) is 2.13. The van der Waals surface area contributed by atoms with Crippen molar-refractivity contribution in [3.05, 3.63) is 0 Å². The lowest BCUT2D eigenvalue weighted by Crippen LogP contribution is -2.60. The number of rotatable bonds is 7. The van der Waals surface area contributed by atoms with Crippen LogP contribution in [0, 0.1) is 5.92 Å². The van der Waals surface area contributed by atoms with Crippen LogP contribution in [-0.2, 0) is 14.3 Å². The van der Waals surface area contributed by atoms with Crippen LogP contribution in [0.15, 0.2) is 0 Å². The van der Waals surface area contributed by atoms with E-state index in [1.54, 1.807) is 4.90 Å². The van der Waals surface area contributed by atoms with Crippen molar-refractivity contribution in [1.29, 1.82) is 0 Å². The number of carbonyl (C=O) groups excluding carboxylic acids is 2. The molecule has 0 aromatic heterocycles. The molecule has 1 rings (SSSR count). The SMILES string of the molecule is CCCCOCCN1CC(=O)NC(C(C)C)C1=O. The minimum absolute atomic E-state index is 0.00342. The summed E-state index contributed by atoms with van der Waals surface area (Å²) in [7, 11) is 0. The third kappa shape index (κ3) is 4.29. The third-order valence-corrected chi connectivity index (χ3v) is 3.04. The Kier molecular flexibility index (Phi) is 6.12. The Bertz CT molecular complexity index is 292. The van der Waals surface area contributed by atoms with E-state index in [2.05, 4.69) is 12.2 Å². The zero-order chi connectivity index (χ0) is 13.5. The Hall–Kier alpha value is -1.10.